The fraction of sp³-hybridized carbons (Fsp3) is 0.250. The highest BCUT2D eigenvalue weighted by Crippen LogP contribution is 2.23. The van der Waals surface area contributed by atoms with Gasteiger partial charge in [0.25, 0.3) is 0 Å². The van der Waals surface area contributed by atoms with Crippen molar-refractivity contribution in [2.45, 2.75) is 20.3 Å². The van der Waals surface area contributed by atoms with Crippen LogP contribution < -0.4 is 0 Å². The number of rotatable bonds is 3. The Balaban J connectivity index is 2.41. The van der Waals surface area contributed by atoms with E-state index in [2.05, 4.69) is 62.9 Å². The molecule has 0 spiro atoms. The van der Waals surface area contributed by atoms with Crippen LogP contribution in [0.2, 0.25) is 0 Å². The highest BCUT2D eigenvalue weighted by Gasteiger charge is 2.06. The highest BCUT2D eigenvalue weighted by molar-refractivity contribution is 5.85. The Hall–Kier alpha value is -1.56. The Kier molecular flexibility index (Phi) is 3.09. The second kappa shape index (κ2) is 4.52. The maximum atomic E-state index is 4.03. The van der Waals surface area contributed by atoms with E-state index in [1.165, 1.54) is 21.9 Å². The van der Waals surface area contributed by atoms with Gasteiger partial charge in [-0.15, -0.1) is 0 Å². The van der Waals surface area contributed by atoms with Gasteiger partial charge in [-0.25, -0.2) is 0 Å². The largest absolute Gasteiger partial charge is 0.0999 e. The van der Waals surface area contributed by atoms with Crippen molar-refractivity contribution in [3.63, 3.8) is 0 Å². The van der Waals surface area contributed by atoms with E-state index in [0.717, 1.165) is 6.42 Å². The molecule has 0 heterocycles. The van der Waals surface area contributed by atoms with Crippen LogP contribution in [0.25, 0.3) is 10.8 Å². The third-order valence-electron chi connectivity index (χ3n) is 3.25. The van der Waals surface area contributed by atoms with Gasteiger partial charge in [-0.05, 0) is 35.6 Å². The van der Waals surface area contributed by atoms with Crippen molar-refractivity contribution >= 4 is 10.8 Å². The van der Waals surface area contributed by atoms with E-state index in [0.29, 0.717) is 5.92 Å². The van der Waals surface area contributed by atoms with Crippen LogP contribution in [0.3, 0.4) is 0 Å². The van der Waals surface area contributed by atoms with Crippen LogP contribution in [0.1, 0.15) is 19.4 Å². The minimum Gasteiger partial charge on any atom is -0.0999 e. The van der Waals surface area contributed by atoms with Crippen molar-refractivity contribution in [2.24, 2.45) is 5.92 Å². The lowest BCUT2D eigenvalue weighted by Crippen LogP contribution is -2.00. The normalized spacial score (nSPS) is 12.6. The van der Waals surface area contributed by atoms with E-state index in [9.17, 15) is 0 Å². The van der Waals surface area contributed by atoms with Crippen LogP contribution in [0, 0.1) is 5.92 Å². The Morgan fingerprint density at radius 3 is 2.56 bits per heavy atom. The molecule has 0 aliphatic carbocycles. The minimum absolute atomic E-state index is 0.547. The molecule has 0 radical (unpaired) electrons. The van der Waals surface area contributed by atoms with Gasteiger partial charge >= 0.3 is 0 Å². The van der Waals surface area contributed by atoms with Crippen molar-refractivity contribution in [3.05, 3.63) is 60.2 Å². The summed E-state index contributed by atoms with van der Waals surface area (Å²) in [5.74, 6) is 0.547. The lowest BCUT2D eigenvalue weighted by Gasteiger charge is -2.13. The van der Waals surface area contributed by atoms with Crippen molar-refractivity contribution in [2.75, 3.05) is 0 Å². The van der Waals surface area contributed by atoms with E-state index < -0.39 is 0 Å². The molecule has 0 saturated heterocycles. The molecule has 2 rings (SSSR count). The standard InChI is InChI=1S/C16H18/c1-12(2)13(3)11-15-9-6-8-14-7-4-5-10-16(14)15/h4-10,13H,1,11H2,2-3H3. The molecule has 0 heteroatoms. The monoisotopic (exact) mass is 210 g/mol. The van der Waals surface area contributed by atoms with E-state index in [-0.39, 0.29) is 0 Å². The van der Waals surface area contributed by atoms with E-state index in [1.54, 1.807) is 0 Å². The van der Waals surface area contributed by atoms with Gasteiger partial charge in [0, 0.05) is 0 Å². The third kappa shape index (κ3) is 2.16. The van der Waals surface area contributed by atoms with Gasteiger partial charge in [0.1, 0.15) is 0 Å². The first-order valence-corrected chi connectivity index (χ1v) is 5.80. The predicted molar refractivity (Wildman–Crippen MR) is 71.6 cm³/mol. The van der Waals surface area contributed by atoms with Gasteiger partial charge < -0.3 is 0 Å². The molecular weight excluding hydrogens is 192 g/mol. The summed E-state index contributed by atoms with van der Waals surface area (Å²) in [5, 5.41) is 2.70. The fourth-order valence-electron chi connectivity index (χ4n) is 1.97. The summed E-state index contributed by atoms with van der Waals surface area (Å²) in [7, 11) is 0. The molecule has 2 aromatic carbocycles. The summed E-state index contributed by atoms with van der Waals surface area (Å²) in [4.78, 5) is 0. The van der Waals surface area contributed by atoms with Gasteiger partial charge in [-0.1, -0.05) is 61.5 Å². The van der Waals surface area contributed by atoms with Gasteiger partial charge in [0.2, 0.25) is 0 Å². The average molecular weight is 210 g/mol. The van der Waals surface area contributed by atoms with E-state index in [4.69, 9.17) is 0 Å². The lowest BCUT2D eigenvalue weighted by molar-refractivity contribution is 0.683. The average Bonchev–Trinajstić information content (AvgIpc) is 2.29. The SMILES string of the molecule is C=C(C)C(C)Cc1cccc2ccccc12. The van der Waals surface area contributed by atoms with Crippen molar-refractivity contribution in [3.8, 4) is 0 Å². The number of benzene rings is 2. The smallest absolute Gasteiger partial charge is 0.0152 e. The second-order valence-corrected chi connectivity index (χ2v) is 4.59. The molecule has 0 N–H and O–H groups in total. The predicted octanol–water partition coefficient (Wildman–Crippen LogP) is 4.59. The molecule has 1 atom stereocenters. The van der Waals surface area contributed by atoms with Crippen LogP contribution in [0.5, 0.6) is 0 Å². The van der Waals surface area contributed by atoms with Crippen LogP contribution in [-0.2, 0) is 6.42 Å². The summed E-state index contributed by atoms with van der Waals surface area (Å²) in [6.07, 6.45) is 1.08. The summed E-state index contributed by atoms with van der Waals surface area (Å²) in [6.45, 7) is 8.38. The topological polar surface area (TPSA) is 0 Å². The molecule has 0 aliphatic rings. The summed E-state index contributed by atoms with van der Waals surface area (Å²) < 4.78 is 0. The van der Waals surface area contributed by atoms with Crippen LogP contribution in [0.15, 0.2) is 54.6 Å². The van der Waals surface area contributed by atoms with Crippen molar-refractivity contribution < 1.29 is 0 Å². The summed E-state index contributed by atoms with van der Waals surface area (Å²) in [5.41, 5.74) is 2.68. The molecule has 0 saturated carbocycles. The van der Waals surface area contributed by atoms with Gasteiger partial charge in [-0.2, -0.15) is 0 Å². The van der Waals surface area contributed by atoms with Crippen molar-refractivity contribution in [1.82, 2.24) is 0 Å². The third-order valence-corrected chi connectivity index (χ3v) is 3.25. The van der Waals surface area contributed by atoms with E-state index >= 15 is 0 Å². The molecule has 0 fully saturated rings. The molecule has 16 heavy (non-hydrogen) atoms. The molecular formula is C16H18. The Morgan fingerprint density at radius 2 is 1.81 bits per heavy atom. The minimum atomic E-state index is 0.547. The molecule has 0 amide bonds. The zero-order chi connectivity index (χ0) is 11.5. The summed E-state index contributed by atoms with van der Waals surface area (Å²) >= 11 is 0. The molecule has 1 unspecified atom stereocenters. The Labute approximate surface area is 97.6 Å². The van der Waals surface area contributed by atoms with Crippen LogP contribution in [-0.4, -0.2) is 0 Å². The first kappa shape index (κ1) is 10.9. The maximum Gasteiger partial charge on any atom is -0.0152 e. The lowest BCUT2D eigenvalue weighted by atomic mass is 9.92. The first-order valence-electron chi connectivity index (χ1n) is 5.80. The highest BCUT2D eigenvalue weighted by atomic mass is 14.1. The van der Waals surface area contributed by atoms with Crippen LogP contribution >= 0.6 is 0 Å². The first-order chi connectivity index (χ1) is 7.68. The number of hydrogen-bond donors (Lipinski definition) is 0. The Bertz CT molecular complexity index is 503. The zero-order valence-electron chi connectivity index (χ0n) is 10.0. The van der Waals surface area contributed by atoms with Gasteiger partial charge in [-0.3, -0.25) is 0 Å². The molecule has 82 valence electrons. The van der Waals surface area contributed by atoms with Gasteiger partial charge in [0.15, 0.2) is 0 Å². The number of hydrogen-bond acceptors (Lipinski definition) is 0. The van der Waals surface area contributed by atoms with Crippen molar-refractivity contribution in [1.29, 1.82) is 0 Å². The molecule has 0 bridgehead atoms. The maximum absolute atomic E-state index is 4.03. The fourth-order valence-corrected chi connectivity index (χ4v) is 1.97. The second-order valence-electron chi connectivity index (χ2n) is 4.59. The Morgan fingerprint density at radius 1 is 1.12 bits per heavy atom. The zero-order valence-corrected chi connectivity index (χ0v) is 10.0. The molecule has 2 aromatic rings. The quantitative estimate of drug-likeness (QED) is 0.650. The number of fused-ring (bicyclic) bond motifs is 1. The van der Waals surface area contributed by atoms with Gasteiger partial charge in [0.05, 0.1) is 0 Å². The van der Waals surface area contributed by atoms with E-state index in [1.807, 2.05) is 0 Å². The molecule has 0 aromatic heterocycles. The number of allylic oxidation sites excluding steroid dienone is 1. The van der Waals surface area contributed by atoms with Crippen LogP contribution in [0.4, 0.5) is 0 Å². The molecule has 0 nitrogen and oxygen atoms in total. The molecule has 0 aliphatic heterocycles. The summed E-state index contributed by atoms with van der Waals surface area (Å²) in [6, 6.07) is 15.1.